The number of aromatic amines is 1. The van der Waals surface area contributed by atoms with Gasteiger partial charge in [0.05, 0.1) is 6.61 Å². The predicted octanol–water partition coefficient (Wildman–Crippen LogP) is 0.945. The van der Waals surface area contributed by atoms with E-state index in [2.05, 4.69) is 4.98 Å². The van der Waals surface area contributed by atoms with Crippen LogP contribution < -0.4 is 5.56 Å². The molecule has 0 bridgehead atoms. The summed E-state index contributed by atoms with van der Waals surface area (Å²) in [6.45, 7) is 3.61. The fourth-order valence-electron chi connectivity index (χ4n) is 1.62. The van der Waals surface area contributed by atoms with Crippen molar-refractivity contribution in [3.05, 3.63) is 33.2 Å². The maximum Gasteiger partial charge on any atom is 0.313 e. The van der Waals surface area contributed by atoms with E-state index in [0.717, 1.165) is 0 Å². The lowest BCUT2D eigenvalue weighted by Gasteiger charge is -2.07. The van der Waals surface area contributed by atoms with Crippen LogP contribution in [-0.2, 0) is 16.0 Å². The Morgan fingerprint density at radius 3 is 2.63 bits per heavy atom. The zero-order valence-corrected chi connectivity index (χ0v) is 10.8. The molecule has 0 saturated heterocycles. The molecule has 0 aliphatic carbocycles. The van der Waals surface area contributed by atoms with Crippen molar-refractivity contribution < 1.29 is 14.3 Å². The highest BCUT2D eigenvalue weighted by Gasteiger charge is 2.18. The molecule has 100 valence electrons. The van der Waals surface area contributed by atoms with Crippen LogP contribution in [-0.4, -0.2) is 23.3 Å². The molecule has 0 saturated carbocycles. The van der Waals surface area contributed by atoms with E-state index in [1.54, 1.807) is 19.9 Å². The van der Waals surface area contributed by atoms with Gasteiger partial charge in [0.2, 0.25) is 0 Å². The normalized spacial score (nSPS) is 9.74. The van der Waals surface area contributed by atoms with E-state index in [4.69, 9.17) is 10.00 Å². The highest BCUT2D eigenvalue weighted by atomic mass is 16.5. The lowest BCUT2D eigenvalue weighted by molar-refractivity contribution is -0.141. The molecule has 1 heterocycles. The Bertz CT molecular complexity index is 596. The van der Waals surface area contributed by atoms with E-state index in [9.17, 15) is 14.4 Å². The summed E-state index contributed by atoms with van der Waals surface area (Å²) in [7, 11) is 0. The van der Waals surface area contributed by atoms with Crippen LogP contribution in [0.2, 0.25) is 0 Å². The summed E-state index contributed by atoms with van der Waals surface area (Å²) in [6.07, 6.45) is 0.0165. The number of nitrogens with zero attached hydrogens (tertiary/aromatic N) is 1. The number of carbonyl (C=O) groups excluding carboxylic acids is 2. The number of rotatable bonds is 5. The van der Waals surface area contributed by atoms with Gasteiger partial charge in [-0.25, -0.2) is 0 Å². The van der Waals surface area contributed by atoms with E-state index in [-0.39, 0.29) is 17.7 Å². The summed E-state index contributed by atoms with van der Waals surface area (Å²) in [6, 6.07) is 2.93. The van der Waals surface area contributed by atoms with E-state index in [0.29, 0.717) is 12.1 Å². The summed E-state index contributed by atoms with van der Waals surface area (Å²) in [5.74, 6) is -1.10. The number of ether oxygens (including phenoxy) is 1. The fraction of sp³-hybridized carbons (Fsp3) is 0.385. The number of carbonyl (C=O) groups is 2. The summed E-state index contributed by atoms with van der Waals surface area (Å²) in [5, 5.41) is 8.78. The third-order valence-electron chi connectivity index (χ3n) is 2.51. The number of H-pyrrole nitrogens is 1. The van der Waals surface area contributed by atoms with Crippen LogP contribution in [0.4, 0.5) is 0 Å². The Hall–Kier alpha value is -2.42. The van der Waals surface area contributed by atoms with Gasteiger partial charge in [0.15, 0.2) is 5.78 Å². The molecule has 1 N–H and O–H groups in total. The van der Waals surface area contributed by atoms with E-state index >= 15 is 0 Å². The Morgan fingerprint density at radius 2 is 2.11 bits per heavy atom. The van der Waals surface area contributed by atoms with Crippen LogP contribution in [0.25, 0.3) is 0 Å². The smallest absolute Gasteiger partial charge is 0.313 e. The Kier molecular flexibility index (Phi) is 5.01. The fourth-order valence-corrected chi connectivity index (χ4v) is 1.62. The number of hydrogen-bond donors (Lipinski definition) is 1. The third-order valence-corrected chi connectivity index (χ3v) is 2.51. The van der Waals surface area contributed by atoms with Crippen molar-refractivity contribution in [1.82, 2.24) is 4.98 Å². The first kappa shape index (κ1) is 14.6. The van der Waals surface area contributed by atoms with Gasteiger partial charge < -0.3 is 9.72 Å². The van der Waals surface area contributed by atoms with Gasteiger partial charge in [0, 0.05) is 11.3 Å². The number of nitriles is 1. The first-order valence-electron chi connectivity index (χ1n) is 5.88. The largest absolute Gasteiger partial charge is 0.466 e. The zero-order chi connectivity index (χ0) is 14.4. The van der Waals surface area contributed by atoms with E-state index in [1.807, 2.05) is 0 Å². The molecule has 1 aromatic heterocycles. The number of esters is 1. The summed E-state index contributed by atoms with van der Waals surface area (Å²) >= 11 is 0. The second-order valence-electron chi connectivity index (χ2n) is 3.77. The number of pyridine rings is 1. The monoisotopic (exact) mass is 262 g/mol. The molecular formula is C13H14N2O4. The molecule has 1 aromatic rings. The van der Waals surface area contributed by atoms with Gasteiger partial charge in [-0.15, -0.1) is 0 Å². The second-order valence-corrected chi connectivity index (χ2v) is 3.77. The maximum atomic E-state index is 12.0. The third kappa shape index (κ3) is 3.52. The van der Waals surface area contributed by atoms with Gasteiger partial charge in [-0.1, -0.05) is 6.92 Å². The minimum absolute atomic E-state index is 0.149. The number of ketones is 1. The highest BCUT2D eigenvalue weighted by Crippen LogP contribution is 2.10. The van der Waals surface area contributed by atoms with Crippen LogP contribution in [0.5, 0.6) is 0 Å². The van der Waals surface area contributed by atoms with Crippen molar-refractivity contribution in [3.63, 3.8) is 0 Å². The Morgan fingerprint density at radius 1 is 1.42 bits per heavy atom. The molecule has 1 rings (SSSR count). The molecule has 0 spiro atoms. The Balaban J connectivity index is 3.12. The molecule has 0 aliphatic rings. The number of aromatic nitrogens is 1. The zero-order valence-electron chi connectivity index (χ0n) is 10.8. The van der Waals surface area contributed by atoms with Crippen LogP contribution in [0, 0.1) is 11.3 Å². The lowest BCUT2D eigenvalue weighted by atomic mass is 10.0. The van der Waals surface area contributed by atoms with Crippen molar-refractivity contribution in [2.75, 3.05) is 6.61 Å². The molecule has 0 amide bonds. The SMILES string of the molecule is CCOC(=O)CC(=O)c1cc(C#N)c(=O)[nH]c1CC. The lowest BCUT2D eigenvalue weighted by Crippen LogP contribution is -2.19. The minimum Gasteiger partial charge on any atom is -0.466 e. The first-order valence-corrected chi connectivity index (χ1v) is 5.88. The van der Waals surface area contributed by atoms with E-state index in [1.165, 1.54) is 6.07 Å². The Labute approximate surface area is 110 Å². The van der Waals surface area contributed by atoms with Crippen LogP contribution in [0.1, 0.15) is 41.9 Å². The standard InChI is InChI=1S/C13H14N2O4/c1-3-10-9(5-8(7-14)13(18)15-10)11(16)6-12(17)19-4-2/h5H,3-4,6H2,1-2H3,(H,15,18). The van der Waals surface area contributed by atoms with E-state index < -0.39 is 23.7 Å². The van der Waals surface area contributed by atoms with Crippen LogP contribution in [0.15, 0.2) is 10.9 Å². The van der Waals surface area contributed by atoms with Crippen molar-refractivity contribution in [3.8, 4) is 6.07 Å². The summed E-state index contributed by atoms with van der Waals surface area (Å²) in [5.41, 5.74) is -0.0820. The van der Waals surface area contributed by atoms with Gasteiger partial charge in [0.25, 0.3) is 5.56 Å². The molecule has 0 atom stereocenters. The summed E-state index contributed by atoms with van der Waals surface area (Å²) in [4.78, 5) is 37.2. The van der Waals surface area contributed by atoms with Gasteiger partial charge in [-0.2, -0.15) is 5.26 Å². The summed E-state index contributed by atoms with van der Waals surface area (Å²) < 4.78 is 4.69. The molecule has 6 heteroatoms. The van der Waals surface area contributed by atoms with Crippen molar-refractivity contribution in [2.24, 2.45) is 0 Å². The quantitative estimate of drug-likeness (QED) is 0.483. The van der Waals surface area contributed by atoms with Crippen molar-refractivity contribution >= 4 is 11.8 Å². The predicted molar refractivity (Wildman–Crippen MR) is 66.7 cm³/mol. The van der Waals surface area contributed by atoms with Crippen molar-refractivity contribution in [2.45, 2.75) is 26.7 Å². The highest BCUT2D eigenvalue weighted by molar-refractivity contribution is 6.06. The number of nitrogens with one attached hydrogen (secondary N) is 1. The average molecular weight is 262 g/mol. The topological polar surface area (TPSA) is 100 Å². The van der Waals surface area contributed by atoms with Crippen LogP contribution in [0.3, 0.4) is 0 Å². The minimum atomic E-state index is -0.626. The van der Waals surface area contributed by atoms with Crippen molar-refractivity contribution in [1.29, 1.82) is 5.26 Å². The molecule has 19 heavy (non-hydrogen) atoms. The first-order chi connectivity index (χ1) is 9.03. The second kappa shape index (κ2) is 6.50. The van der Waals surface area contributed by atoms with Gasteiger partial charge in [-0.05, 0) is 19.4 Å². The number of aryl methyl sites for hydroxylation is 1. The maximum absolute atomic E-state index is 12.0. The molecule has 0 unspecified atom stereocenters. The molecule has 0 aromatic carbocycles. The average Bonchev–Trinajstić information content (AvgIpc) is 2.38. The van der Waals surface area contributed by atoms with Gasteiger partial charge >= 0.3 is 5.97 Å². The molecule has 0 radical (unpaired) electrons. The molecular weight excluding hydrogens is 248 g/mol. The molecule has 6 nitrogen and oxygen atoms in total. The van der Waals surface area contributed by atoms with Gasteiger partial charge in [-0.3, -0.25) is 14.4 Å². The van der Waals surface area contributed by atoms with Crippen LogP contribution >= 0.6 is 0 Å². The number of hydrogen-bond acceptors (Lipinski definition) is 5. The molecule has 0 aliphatic heterocycles. The number of Topliss-reactive ketones (excluding diaryl/α,β-unsaturated/α-hetero) is 1. The van der Waals surface area contributed by atoms with Gasteiger partial charge in [0.1, 0.15) is 18.1 Å². The molecule has 0 fully saturated rings.